The van der Waals surface area contributed by atoms with Crippen molar-refractivity contribution in [3.05, 3.63) is 146 Å². The molecule has 6 heteroatoms. The van der Waals surface area contributed by atoms with Gasteiger partial charge < -0.3 is 0 Å². The smallest absolute Gasteiger partial charge is 0.138 e. The van der Waals surface area contributed by atoms with Gasteiger partial charge >= 0.3 is 0 Å². The van der Waals surface area contributed by atoms with Gasteiger partial charge in [-0.2, -0.15) is 0 Å². The fraction of sp³-hybridized carbons (Fsp3) is 0. The van der Waals surface area contributed by atoms with Crippen molar-refractivity contribution in [2.75, 3.05) is 9.80 Å². The molecule has 0 spiro atoms. The Kier molecular flexibility index (Phi) is 6.03. The molecule has 6 nitrogen and oxygen atoms in total. The van der Waals surface area contributed by atoms with Gasteiger partial charge in [-0.05, 0) is 83.6 Å². The summed E-state index contributed by atoms with van der Waals surface area (Å²) >= 11 is 0. The highest BCUT2D eigenvalue weighted by atomic mass is 15.2. The molecule has 4 aromatic heterocycles. The van der Waals surface area contributed by atoms with Crippen molar-refractivity contribution < 1.29 is 0 Å². The van der Waals surface area contributed by atoms with Gasteiger partial charge in [0.25, 0.3) is 0 Å². The van der Waals surface area contributed by atoms with E-state index in [1.165, 1.54) is 0 Å². The fourth-order valence-electron chi connectivity index (χ4n) is 5.08. The molecule has 0 saturated carbocycles. The molecule has 0 N–H and O–H groups in total. The molecule has 0 aliphatic heterocycles. The summed E-state index contributed by atoms with van der Waals surface area (Å²) in [5.41, 5.74) is 1.99. The van der Waals surface area contributed by atoms with Crippen molar-refractivity contribution in [3.63, 3.8) is 0 Å². The first-order valence-electron chi connectivity index (χ1n) is 13.1. The van der Waals surface area contributed by atoms with Gasteiger partial charge in [0, 0.05) is 35.6 Å². The number of benzene rings is 3. The summed E-state index contributed by atoms with van der Waals surface area (Å²) < 4.78 is 0. The molecule has 0 amide bonds. The Morgan fingerprint density at radius 3 is 1.05 bits per heavy atom. The van der Waals surface area contributed by atoms with Gasteiger partial charge in [-0.15, -0.1) is 0 Å². The molecule has 4 heterocycles. The minimum atomic E-state index is 0.797. The second kappa shape index (κ2) is 10.3. The third-order valence-corrected chi connectivity index (χ3v) is 6.83. The summed E-state index contributed by atoms with van der Waals surface area (Å²) in [6.07, 6.45) is 7.23. The van der Waals surface area contributed by atoms with Crippen LogP contribution in [0.15, 0.2) is 146 Å². The Hall–Kier alpha value is -5.62. The van der Waals surface area contributed by atoms with E-state index in [9.17, 15) is 0 Å². The van der Waals surface area contributed by atoms with Crippen LogP contribution in [0.4, 0.5) is 34.6 Å². The van der Waals surface area contributed by atoms with Crippen LogP contribution in [0.2, 0.25) is 0 Å². The molecular weight excluding hydrogens is 492 g/mol. The Labute approximate surface area is 231 Å². The summed E-state index contributed by atoms with van der Waals surface area (Å²) in [6, 6.07) is 40.9. The lowest BCUT2D eigenvalue weighted by Crippen LogP contribution is -2.14. The van der Waals surface area contributed by atoms with Crippen LogP contribution in [0.5, 0.6) is 0 Å². The third-order valence-electron chi connectivity index (χ3n) is 6.83. The summed E-state index contributed by atoms with van der Waals surface area (Å²) in [7, 11) is 0. The van der Waals surface area contributed by atoms with E-state index in [0.717, 1.165) is 56.2 Å². The van der Waals surface area contributed by atoms with Crippen LogP contribution in [0.25, 0.3) is 21.5 Å². The monoisotopic (exact) mass is 516 g/mol. The molecule has 190 valence electrons. The van der Waals surface area contributed by atoms with Crippen molar-refractivity contribution in [1.29, 1.82) is 0 Å². The van der Waals surface area contributed by atoms with Crippen LogP contribution in [0.1, 0.15) is 0 Å². The van der Waals surface area contributed by atoms with Gasteiger partial charge in [-0.3, -0.25) is 9.80 Å². The molecule has 0 unspecified atom stereocenters. The maximum absolute atomic E-state index is 4.69. The van der Waals surface area contributed by atoms with E-state index < -0.39 is 0 Å². The minimum Gasteiger partial charge on any atom is -0.278 e. The zero-order valence-corrected chi connectivity index (χ0v) is 21.5. The van der Waals surface area contributed by atoms with E-state index in [0.29, 0.717) is 0 Å². The lowest BCUT2D eigenvalue weighted by Gasteiger charge is -2.26. The van der Waals surface area contributed by atoms with Gasteiger partial charge in [-0.25, -0.2) is 19.9 Å². The number of fused-ring (bicyclic) bond motifs is 2. The lowest BCUT2D eigenvalue weighted by atomic mass is 10.00. The molecule has 7 aromatic rings. The van der Waals surface area contributed by atoms with Crippen molar-refractivity contribution >= 4 is 56.2 Å². The lowest BCUT2D eigenvalue weighted by molar-refractivity contribution is 1.13. The quantitative estimate of drug-likeness (QED) is 0.207. The SMILES string of the molecule is c1ccc(N(c2ccccn2)c2cccc3cc4cccc(N(c5ccccn5)c5ccccn5)c4cc23)nc1. The predicted molar refractivity (Wildman–Crippen MR) is 162 cm³/mol. The first-order valence-corrected chi connectivity index (χ1v) is 13.1. The number of rotatable bonds is 6. The highest BCUT2D eigenvalue weighted by Gasteiger charge is 2.20. The van der Waals surface area contributed by atoms with E-state index in [1.807, 2.05) is 97.6 Å². The predicted octanol–water partition coefficient (Wildman–Crippen LogP) is 8.51. The topological polar surface area (TPSA) is 58.0 Å². The average molecular weight is 517 g/mol. The second-order valence-corrected chi connectivity index (χ2v) is 9.27. The molecule has 0 fully saturated rings. The van der Waals surface area contributed by atoms with Crippen LogP contribution in [-0.4, -0.2) is 19.9 Å². The van der Waals surface area contributed by atoms with Crippen LogP contribution >= 0.6 is 0 Å². The number of aromatic nitrogens is 4. The van der Waals surface area contributed by atoms with Crippen molar-refractivity contribution in [2.45, 2.75) is 0 Å². The Balaban J connectivity index is 1.50. The maximum atomic E-state index is 4.69. The van der Waals surface area contributed by atoms with Gasteiger partial charge in [0.05, 0.1) is 11.4 Å². The molecule has 0 saturated heterocycles. The van der Waals surface area contributed by atoms with E-state index in [4.69, 9.17) is 0 Å². The van der Waals surface area contributed by atoms with Gasteiger partial charge in [0.1, 0.15) is 23.3 Å². The van der Waals surface area contributed by atoms with Gasteiger partial charge in [0.15, 0.2) is 0 Å². The van der Waals surface area contributed by atoms with Gasteiger partial charge in [-0.1, -0.05) is 48.5 Å². The number of pyridine rings is 4. The third kappa shape index (κ3) is 4.27. The normalized spacial score (nSPS) is 11.0. The fourth-order valence-corrected chi connectivity index (χ4v) is 5.08. The molecule has 0 aliphatic carbocycles. The molecule has 40 heavy (non-hydrogen) atoms. The molecule has 0 bridgehead atoms. The van der Waals surface area contributed by atoms with Gasteiger partial charge in [0.2, 0.25) is 0 Å². The standard InChI is InChI=1S/C34H24N6/c1-5-19-35-31(15-1)39(32-16-2-6-20-36-32)29-13-9-11-25-23-26-12-10-14-30(28(26)24-27(25)29)40(33-17-3-7-21-37-33)34-18-4-8-22-38-34/h1-24H. The Morgan fingerprint density at radius 1 is 0.350 bits per heavy atom. The maximum Gasteiger partial charge on any atom is 0.138 e. The van der Waals surface area contributed by atoms with Crippen LogP contribution in [0, 0.1) is 0 Å². The zero-order valence-electron chi connectivity index (χ0n) is 21.5. The Bertz CT molecular complexity index is 1680. The average Bonchev–Trinajstić information content (AvgIpc) is 3.03. The van der Waals surface area contributed by atoms with Crippen molar-refractivity contribution in [3.8, 4) is 0 Å². The Morgan fingerprint density at radius 2 is 0.725 bits per heavy atom. The van der Waals surface area contributed by atoms with E-state index in [2.05, 4.69) is 78.3 Å². The molecule has 0 aliphatic rings. The van der Waals surface area contributed by atoms with Crippen molar-refractivity contribution in [1.82, 2.24) is 19.9 Å². The van der Waals surface area contributed by atoms with Crippen LogP contribution in [0.3, 0.4) is 0 Å². The number of anilines is 6. The molecule has 3 aromatic carbocycles. The number of nitrogens with zero attached hydrogens (tertiary/aromatic N) is 6. The highest BCUT2D eigenvalue weighted by molar-refractivity contribution is 6.10. The molecule has 7 rings (SSSR count). The van der Waals surface area contributed by atoms with Crippen LogP contribution < -0.4 is 9.80 Å². The zero-order chi connectivity index (χ0) is 26.7. The summed E-state index contributed by atoms with van der Waals surface area (Å²) in [5.74, 6) is 3.19. The minimum absolute atomic E-state index is 0.797. The van der Waals surface area contributed by atoms with E-state index in [1.54, 1.807) is 0 Å². The van der Waals surface area contributed by atoms with Crippen LogP contribution in [-0.2, 0) is 0 Å². The van der Waals surface area contributed by atoms with Crippen molar-refractivity contribution in [2.24, 2.45) is 0 Å². The molecule has 0 radical (unpaired) electrons. The first kappa shape index (κ1) is 23.5. The first-order chi connectivity index (χ1) is 19.9. The highest BCUT2D eigenvalue weighted by Crippen LogP contribution is 2.42. The number of hydrogen-bond acceptors (Lipinski definition) is 6. The number of hydrogen-bond donors (Lipinski definition) is 0. The molecular formula is C34H24N6. The van der Waals surface area contributed by atoms with E-state index in [-0.39, 0.29) is 0 Å². The largest absolute Gasteiger partial charge is 0.278 e. The summed E-state index contributed by atoms with van der Waals surface area (Å²) in [5, 5.41) is 4.42. The summed E-state index contributed by atoms with van der Waals surface area (Å²) in [4.78, 5) is 23.0. The van der Waals surface area contributed by atoms with E-state index >= 15 is 0 Å². The molecule has 0 atom stereocenters. The second-order valence-electron chi connectivity index (χ2n) is 9.27. The summed E-state index contributed by atoms with van der Waals surface area (Å²) in [6.45, 7) is 0.